The molecule has 0 fully saturated rings. The van der Waals surface area contributed by atoms with Gasteiger partial charge in [0, 0.05) is 13.0 Å². The van der Waals surface area contributed by atoms with Crippen LogP contribution in [0.2, 0.25) is 0 Å². The van der Waals surface area contributed by atoms with Crippen LogP contribution < -0.4 is 5.73 Å². The molecule has 0 aromatic rings. The lowest BCUT2D eigenvalue weighted by atomic mass is 10.1. The quantitative estimate of drug-likeness (QED) is 0.0507. The lowest BCUT2D eigenvalue weighted by Crippen LogP contribution is -2.27. The van der Waals surface area contributed by atoms with Crippen LogP contribution in [0, 0.1) is 0 Å². The number of phosphoric acid groups is 1. The smallest absolute Gasteiger partial charge is 0.457 e. The Balaban J connectivity index is 3.56. The summed E-state index contributed by atoms with van der Waals surface area (Å²) < 4.78 is 26.0. The fourth-order valence-electron chi connectivity index (χ4n) is 3.54. The number of ether oxygens (including phenoxy) is 1. The van der Waals surface area contributed by atoms with Gasteiger partial charge in [-0.2, -0.15) is 0 Å². The van der Waals surface area contributed by atoms with E-state index in [0.29, 0.717) is 0 Å². The van der Waals surface area contributed by atoms with E-state index >= 15 is 0 Å². The van der Waals surface area contributed by atoms with Gasteiger partial charge in [-0.25, -0.2) is 4.57 Å². The van der Waals surface area contributed by atoms with Crippen molar-refractivity contribution in [1.29, 1.82) is 0 Å². The van der Waals surface area contributed by atoms with E-state index in [1.54, 1.807) is 0 Å². The van der Waals surface area contributed by atoms with Gasteiger partial charge in [-0.05, 0) is 38.5 Å². The van der Waals surface area contributed by atoms with Crippen LogP contribution in [0.4, 0.5) is 0 Å². The molecule has 2 atom stereocenters. The van der Waals surface area contributed by atoms with Gasteiger partial charge in [0.05, 0.1) is 19.8 Å². The molecule has 0 radical (unpaired) electrons. The van der Waals surface area contributed by atoms with Crippen LogP contribution in [0.5, 0.6) is 0 Å². The summed E-state index contributed by atoms with van der Waals surface area (Å²) in [5.74, 6) is -0.453. The number of hydrogen-bond donors (Lipinski definition) is 3. The first kappa shape index (κ1) is 35.0. The van der Waals surface area contributed by atoms with Crippen LogP contribution >= 0.6 is 7.82 Å². The number of carbonyl (C=O) groups is 1. The molecule has 0 aromatic heterocycles. The molecule has 0 aromatic carbocycles. The number of allylic oxidation sites excluding steroid dienone is 4. The number of carbonyl (C=O) groups excluding carboxylic acids is 1. The number of unbranched alkanes of at least 4 members (excludes halogenated alkanes) is 12. The van der Waals surface area contributed by atoms with Gasteiger partial charge in [-0.15, -0.1) is 0 Å². The van der Waals surface area contributed by atoms with Crippen LogP contribution in [0.1, 0.15) is 110 Å². The molecule has 8 nitrogen and oxygen atoms in total. The second-order valence-corrected chi connectivity index (χ2v) is 10.5. The summed E-state index contributed by atoms with van der Waals surface area (Å²) in [5, 5.41) is 9.29. The summed E-state index contributed by atoms with van der Waals surface area (Å²) in [6.07, 6.45) is 26.0. The van der Waals surface area contributed by atoms with Gasteiger partial charge in [-0.3, -0.25) is 13.8 Å². The molecule has 0 bridgehead atoms. The van der Waals surface area contributed by atoms with E-state index < -0.39 is 33.1 Å². The fourth-order valence-corrected chi connectivity index (χ4v) is 4.30. The first-order chi connectivity index (χ1) is 17.4. The summed E-state index contributed by atoms with van der Waals surface area (Å²) >= 11 is 0. The molecule has 9 heteroatoms. The van der Waals surface area contributed by atoms with Gasteiger partial charge in [0.15, 0.2) is 0 Å². The summed E-state index contributed by atoms with van der Waals surface area (Å²) in [6.45, 7) is 1.25. The first-order valence-corrected chi connectivity index (χ1v) is 15.4. The minimum Gasteiger partial charge on any atom is -0.457 e. The van der Waals surface area contributed by atoms with Crippen molar-refractivity contribution in [3.8, 4) is 0 Å². The monoisotopic (exact) mass is 533 g/mol. The molecule has 212 valence electrons. The van der Waals surface area contributed by atoms with Crippen molar-refractivity contribution in [2.45, 2.75) is 116 Å². The lowest BCUT2D eigenvalue weighted by molar-refractivity contribution is -0.153. The Morgan fingerprint density at radius 2 is 1.42 bits per heavy atom. The second kappa shape index (κ2) is 25.6. The molecule has 0 aliphatic carbocycles. The Kier molecular flexibility index (Phi) is 24.9. The fraction of sp³-hybridized carbons (Fsp3) is 0.815. The third-order valence-electron chi connectivity index (χ3n) is 5.63. The Morgan fingerprint density at radius 1 is 0.861 bits per heavy atom. The van der Waals surface area contributed by atoms with Crippen LogP contribution in [0.25, 0.3) is 0 Å². The molecule has 0 amide bonds. The van der Waals surface area contributed by atoms with Gasteiger partial charge >= 0.3 is 13.8 Å². The normalized spacial score (nSPS) is 14.4. The van der Waals surface area contributed by atoms with Crippen molar-refractivity contribution in [3.05, 3.63) is 24.3 Å². The predicted octanol–water partition coefficient (Wildman–Crippen LogP) is 6.36. The van der Waals surface area contributed by atoms with Crippen LogP contribution in [0.15, 0.2) is 24.3 Å². The van der Waals surface area contributed by atoms with Gasteiger partial charge in [0.2, 0.25) is 0 Å². The molecule has 0 spiro atoms. The highest BCUT2D eigenvalue weighted by atomic mass is 31.2. The van der Waals surface area contributed by atoms with E-state index in [4.69, 9.17) is 15.0 Å². The Bertz CT molecular complexity index is 613. The number of aliphatic hydroxyl groups excluding tert-OH is 1. The van der Waals surface area contributed by atoms with E-state index in [2.05, 4.69) is 35.8 Å². The average Bonchev–Trinajstić information content (AvgIpc) is 2.86. The molecular formula is C27H52NO7P. The minimum atomic E-state index is -4.26. The van der Waals surface area contributed by atoms with Gasteiger partial charge in [-0.1, -0.05) is 89.0 Å². The predicted molar refractivity (Wildman–Crippen MR) is 146 cm³/mol. The van der Waals surface area contributed by atoms with Gasteiger partial charge in [0.25, 0.3) is 0 Å². The van der Waals surface area contributed by atoms with Gasteiger partial charge < -0.3 is 20.5 Å². The average molecular weight is 534 g/mol. The summed E-state index contributed by atoms with van der Waals surface area (Å²) in [5.41, 5.74) is 5.20. The summed E-state index contributed by atoms with van der Waals surface area (Å²) in [7, 11) is -4.26. The van der Waals surface area contributed by atoms with Crippen molar-refractivity contribution in [1.82, 2.24) is 0 Å². The number of esters is 1. The largest absolute Gasteiger partial charge is 0.472 e. The van der Waals surface area contributed by atoms with E-state index in [0.717, 1.165) is 25.7 Å². The number of phosphoric ester groups is 1. The van der Waals surface area contributed by atoms with Crippen molar-refractivity contribution in [2.75, 3.05) is 26.4 Å². The zero-order valence-corrected chi connectivity index (χ0v) is 23.4. The van der Waals surface area contributed by atoms with Crippen molar-refractivity contribution < 1.29 is 33.1 Å². The maximum atomic E-state index is 11.9. The molecule has 36 heavy (non-hydrogen) atoms. The molecule has 0 saturated carbocycles. The maximum Gasteiger partial charge on any atom is 0.472 e. The van der Waals surface area contributed by atoms with E-state index in [1.807, 2.05) is 0 Å². The Hall–Kier alpha value is -1.02. The number of rotatable bonds is 26. The highest BCUT2D eigenvalue weighted by Gasteiger charge is 2.24. The first-order valence-electron chi connectivity index (χ1n) is 13.9. The molecule has 0 rings (SSSR count). The number of hydrogen-bond acceptors (Lipinski definition) is 7. The number of nitrogens with two attached hydrogens (primary N) is 1. The molecular weight excluding hydrogens is 481 g/mol. The molecule has 0 aliphatic heterocycles. The molecule has 1 unspecified atom stereocenters. The van der Waals surface area contributed by atoms with Crippen LogP contribution in [0.3, 0.4) is 0 Å². The molecule has 0 aliphatic rings. The summed E-state index contributed by atoms with van der Waals surface area (Å²) in [4.78, 5) is 21.3. The molecule has 4 N–H and O–H groups in total. The zero-order chi connectivity index (χ0) is 26.7. The second-order valence-electron chi connectivity index (χ2n) is 9.08. The topological polar surface area (TPSA) is 128 Å². The minimum absolute atomic E-state index is 0.0713. The lowest BCUT2D eigenvalue weighted by Gasteiger charge is -2.17. The standard InChI is InChI=1S/C27H52NO7P/c1-2-3-4-5-6-7-8-9-10-11-12-13-14-15-16-17-18-19-20-21-27(30)35-26(24-29)25-34-36(31,32)33-23-22-28/h6-7,9-10,26,29H,2-5,8,11-25,28H2,1H3,(H,31,32)/b7-6-,10-9-/t26-/m1/s1. The van der Waals surface area contributed by atoms with Crippen molar-refractivity contribution in [3.63, 3.8) is 0 Å². The number of aliphatic hydroxyl groups is 1. The SMILES string of the molecule is CCCCC/C=C\C/C=C\CCCCCCCCCCCC(=O)O[C@H](CO)COP(=O)(O)OCCN. The van der Waals surface area contributed by atoms with Gasteiger partial charge in [0.1, 0.15) is 6.10 Å². The third kappa shape index (κ3) is 24.7. The summed E-state index contributed by atoms with van der Waals surface area (Å²) in [6, 6.07) is 0. The van der Waals surface area contributed by atoms with E-state index in [9.17, 15) is 19.4 Å². The maximum absolute atomic E-state index is 11.9. The highest BCUT2D eigenvalue weighted by molar-refractivity contribution is 7.47. The van der Waals surface area contributed by atoms with E-state index in [-0.39, 0.29) is 19.6 Å². The van der Waals surface area contributed by atoms with Crippen LogP contribution in [-0.4, -0.2) is 48.4 Å². The van der Waals surface area contributed by atoms with Crippen molar-refractivity contribution >= 4 is 13.8 Å². The van der Waals surface area contributed by atoms with Crippen LogP contribution in [-0.2, 0) is 23.1 Å². The molecule has 0 heterocycles. The highest BCUT2D eigenvalue weighted by Crippen LogP contribution is 2.42. The zero-order valence-electron chi connectivity index (χ0n) is 22.5. The third-order valence-corrected chi connectivity index (χ3v) is 6.61. The van der Waals surface area contributed by atoms with Crippen molar-refractivity contribution in [2.24, 2.45) is 5.73 Å². The Labute approximate surface area is 219 Å². The van der Waals surface area contributed by atoms with E-state index in [1.165, 1.54) is 70.6 Å². The Morgan fingerprint density at radius 3 is 1.97 bits per heavy atom. The molecule has 0 saturated heterocycles.